The van der Waals surface area contributed by atoms with Crippen molar-refractivity contribution in [1.29, 1.82) is 0 Å². The van der Waals surface area contributed by atoms with Gasteiger partial charge in [0.05, 0.1) is 12.4 Å². The Kier molecular flexibility index (Phi) is 9.40. The summed E-state index contributed by atoms with van der Waals surface area (Å²) < 4.78 is 5.42. The molecule has 0 saturated carbocycles. The van der Waals surface area contributed by atoms with E-state index in [1.807, 2.05) is 38.1 Å². The molecule has 0 unspecified atom stereocenters. The Morgan fingerprint density at radius 3 is 1.74 bits per heavy atom. The average Bonchev–Trinajstić information content (AvgIpc) is 2.88. The Bertz CT molecular complexity index is 1110. The second-order valence-corrected chi connectivity index (χ2v) is 11.4. The van der Waals surface area contributed by atoms with Gasteiger partial charge in [-0.2, -0.15) is 0 Å². The van der Waals surface area contributed by atoms with E-state index < -0.39 is 13.2 Å². The molecular formula is C31H32O3P+. The van der Waals surface area contributed by atoms with Crippen molar-refractivity contribution in [3.05, 3.63) is 139 Å². The van der Waals surface area contributed by atoms with E-state index in [2.05, 4.69) is 79.4 Å². The van der Waals surface area contributed by atoms with Crippen molar-refractivity contribution in [2.24, 2.45) is 0 Å². The minimum atomic E-state index is -2.26. The molecule has 178 valence electrons. The first-order chi connectivity index (χ1) is 17.0. The molecule has 0 atom stereocenters. The van der Waals surface area contributed by atoms with Gasteiger partial charge in [-0.25, -0.2) is 4.79 Å². The molecule has 3 rings (SSSR count). The Balaban J connectivity index is 2.10. The first-order valence-electron chi connectivity index (χ1n) is 11.7. The fourth-order valence-electron chi connectivity index (χ4n) is 4.05. The quantitative estimate of drug-likeness (QED) is 0.149. The second-order valence-electron chi connectivity index (χ2n) is 7.98. The van der Waals surface area contributed by atoms with Crippen molar-refractivity contribution >= 4 is 29.1 Å². The predicted octanol–water partition coefficient (Wildman–Crippen LogP) is 6.39. The van der Waals surface area contributed by atoms with Crippen molar-refractivity contribution in [3.8, 4) is 0 Å². The summed E-state index contributed by atoms with van der Waals surface area (Å²) in [7, 11) is -2.26. The molecule has 0 aromatic heterocycles. The van der Waals surface area contributed by atoms with Crippen molar-refractivity contribution < 1.29 is 14.6 Å². The smallest absolute Gasteiger partial charge is 0.331 e. The van der Waals surface area contributed by atoms with E-state index in [0.29, 0.717) is 6.61 Å². The number of carboxylic acid groups (broad SMARTS) is 1. The number of ether oxygens (including phenoxy) is 1. The first-order valence-corrected chi connectivity index (χ1v) is 13.4. The summed E-state index contributed by atoms with van der Waals surface area (Å²) in [6.45, 7) is 8.84. The summed E-state index contributed by atoms with van der Waals surface area (Å²) in [5, 5.41) is 14.2. The molecule has 3 nitrogen and oxygen atoms in total. The third-order valence-corrected chi connectivity index (χ3v) is 9.93. The van der Waals surface area contributed by atoms with Crippen LogP contribution < -0.4 is 15.9 Å². The molecule has 35 heavy (non-hydrogen) atoms. The van der Waals surface area contributed by atoms with E-state index in [4.69, 9.17) is 4.74 Å². The summed E-state index contributed by atoms with van der Waals surface area (Å²) in [6.07, 6.45) is 7.50. The average molecular weight is 484 g/mol. The normalized spacial score (nSPS) is 12.5. The van der Waals surface area contributed by atoms with Crippen LogP contribution >= 0.6 is 7.26 Å². The molecule has 0 fully saturated rings. The van der Waals surface area contributed by atoms with Crippen molar-refractivity contribution in [2.75, 3.05) is 6.61 Å². The van der Waals surface area contributed by atoms with Gasteiger partial charge in [-0.05, 0) is 62.4 Å². The van der Waals surface area contributed by atoms with Crippen LogP contribution in [-0.4, -0.2) is 17.7 Å². The van der Waals surface area contributed by atoms with Crippen LogP contribution in [0.1, 0.15) is 20.3 Å². The van der Waals surface area contributed by atoms with Crippen LogP contribution in [0.25, 0.3) is 0 Å². The van der Waals surface area contributed by atoms with Crippen LogP contribution in [0.2, 0.25) is 0 Å². The fraction of sp³-hybridized carbons (Fsp3) is 0.129. The second kappa shape index (κ2) is 12.7. The molecule has 0 amide bonds. The zero-order chi connectivity index (χ0) is 25.1. The SMILES string of the molecule is C=C(/C=C/C=C(\C/C=C(\C)OCC)C(=O)O)[P+](c1ccccc1)(c1ccccc1)c1ccccc1. The van der Waals surface area contributed by atoms with Crippen molar-refractivity contribution in [3.63, 3.8) is 0 Å². The highest BCUT2D eigenvalue weighted by atomic mass is 31.2. The fourth-order valence-corrected chi connectivity index (χ4v) is 8.11. The van der Waals surface area contributed by atoms with E-state index in [-0.39, 0.29) is 12.0 Å². The zero-order valence-corrected chi connectivity index (χ0v) is 21.2. The Morgan fingerprint density at radius 2 is 1.34 bits per heavy atom. The summed E-state index contributed by atoms with van der Waals surface area (Å²) in [4.78, 5) is 11.8. The van der Waals surface area contributed by atoms with E-state index >= 15 is 0 Å². The van der Waals surface area contributed by atoms with Crippen LogP contribution in [0.15, 0.2) is 139 Å². The molecule has 3 aromatic rings. The minimum absolute atomic E-state index is 0.286. The number of allylic oxidation sites excluding steroid dienone is 6. The highest BCUT2D eigenvalue weighted by molar-refractivity contribution is 7.99. The lowest BCUT2D eigenvalue weighted by atomic mass is 10.1. The van der Waals surface area contributed by atoms with Crippen LogP contribution in [0.3, 0.4) is 0 Å². The molecule has 0 radical (unpaired) electrons. The molecule has 0 aliphatic carbocycles. The molecule has 0 aliphatic heterocycles. The van der Waals surface area contributed by atoms with Crippen molar-refractivity contribution in [1.82, 2.24) is 0 Å². The lowest BCUT2D eigenvalue weighted by Crippen LogP contribution is -2.31. The molecule has 0 bridgehead atoms. The van der Waals surface area contributed by atoms with Crippen LogP contribution in [-0.2, 0) is 9.53 Å². The van der Waals surface area contributed by atoms with Gasteiger partial charge in [0.25, 0.3) is 0 Å². The third kappa shape index (κ3) is 6.26. The van der Waals surface area contributed by atoms with Gasteiger partial charge in [0.15, 0.2) is 0 Å². The van der Waals surface area contributed by atoms with Crippen molar-refractivity contribution in [2.45, 2.75) is 20.3 Å². The van der Waals surface area contributed by atoms with E-state index in [1.165, 1.54) is 15.9 Å². The molecule has 3 aromatic carbocycles. The molecule has 0 saturated heterocycles. The largest absolute Gasteiger partial charge is 0.499 e. The van der Waals surface area contributed by atoms with Gasteiger partial charge in [-0.1, -0.05) is 73.3 Å². The van der Waals surface area contributed by atoms with Crippen LogP contribution in [0, 0.1) is 0 Å². The summed E-state index contributed by atoms with van der Waals surface area (Å²) in [5.41, 5.74) is 0.288. The Hall–Kier alpha value is -3.68. The third-order valence-electron chi connectivity index (χ3n) is 5.70. The monoisotopic (exact) mass is 483 g/mol. The number of hydrogen-bond acceptors (Lipinski definition) is 2. The molecule has 0 heterocycles. The molecule has 1 N–H and O–H groups in total. The zero-order valence-electron chi connectivity index (χ0n) is 20.3. The van der Waals surface area contributed by atoms with Gasteiger partial charge in [0, 0.05) is 12.0 Å². The van der Waals surface area contributed by atoms with Gasteiger partial charge >= 0.3 is 5.97 Å². The van der Waals surface area contributed by atoms with Gasteiger partial charge in [0.1, 0.15) is 28.5 Å². The summed E-state index contributed by atoms with van der Waals surface area (Å²) in [5.74, 6) is -0.230. The standard InChI is InChI=1S/C31H31O3P/c1-4-34-25(2)23-24-27(31(32)33)16-14-15-26(3)35(28-17-8-5-9-18-28,29-19-10-6-11-20-29)30-21-12-7-13-22-30/h5-23H,3-4,24H2,1-2H3/p+1/b15-14+,25-23+,27-16+. The number of carbonyl (C=O) groups is 1. The molecular weight excluding hydrogens is 451 g/mol. The van der Waals surface area contributed by atoms with Gasteiger partial charge < -0.3 is 9.84 Å². The minimum Gasteiger partial charge on any atom is -0.499 e. The van der Waals surface area contributed by atoms with Crippen LogP contribution in [0.4, 0.5) is 0 Å². The topological polar surface area (TPSA) is 46.5 Å². The molecule has 0 aliphatic rings. The predicted molar refractivity (Wildman–Crippen MR) is 149 cm³/mol. The summed E-state index contributed by atoms with van der Waals surface area (Å²) >= 11 is 0. The summed E-state index contributed by atoms with van der Waals surface area (Å²) in [6, 6.07) is 31.4. The van der Waals surface area contributed by atoms with E-state index in [1.54, 1.807) is 18.2 Å². The lowest BCUT2D eigenvalue weighted by Gasteiger charge is -2.27. The van der Waals surface area contributed by atoms with E-state index in [0.717, 1.165) is 11.1 Å². The number of rotatable bonds is 11. The van der Waals surface area contributed by atoms with Gasteiger partial charge in [0.2, 0.25) is 0 Å². The highest BCUT2D eigenvalue weighted by Crippen LogP contribution is 2.62. The molecule has 0 spiro atoms. The van der Waals surface area contributed by atoms with Gasteiger partial charge in [-0.15, -0.1) is 0 Å². The number of benzene rings is 3. The number of carboxylic acids is 1. The van der Waals surface area contributed by atoms with Crippen LogP contribution in [0.5, 0.6) is 0 Å². The molecule has 4 heteroatoms. The van der Waals surface area contributed by atoms with E-state index in [9.17, 15) is 9.90 Å². The Morgan fingerprint density at radius 1 is 0.886 bits per heavy atom. The first kappa shape index (κ1) is 25.9. The maximum atomic E-state index is 11.8. The number of hydrogen-bond donors (Lipinski definition) is 1. The maximum Gasteiger partial charge on any atom is 0.331 e. The highest BCUT2D eigenvalue weighted by Gasteiger charge is 2.47. The Labute approximate surface area is 209 Å². The number of aliphatic carboxylic acids is 1. The maximum absolute atomic E-state index is 11.8. The van der Waals surface area contributed by atoms with Gasteiger partial charge in [-0.3, -0.25) is 0 Å². The lowest BCUT2D eigenvalue weighted by molar-refractivity contribution is -0.132.